The standard InChI is InChI=1S/C22H16F4O6/c1-3-16(27)29-11-5-6-12-7-8-14-13-9-10-15(30-17(28)4-2)18(23)20(13)31-21(14)19(12)32-22(24,25)26/h3-4,7-10H,1-2,5-6,11H2. The molecule has 10 heteroatoms. The lowest BCUT2D eigenvalue weighted by atomic mass is 10.0. The van der Waals surface area contributed by atoms with Crippen LogP contribution in [-0.2, 0) is 20.7 Å². The molecule has 3 rings (SSSR count). The molecule has 1 heterocycles. The zero-order valence-electron chi connectivity index (χ0n) is 16.5. The number of rotatable bonds is 8. The zero-order chi connectivity index (χ0) is 23.5. The molecule has 0 amide bonds. The molecule has 0 aliphatic heterocycles. The van der Waals surface area contributed by atoms with Crippen LogP contribution in [0.1, 0.15) is 12.0 Å². The van der Waals surface area contributed by atoms with Crippen molar-refractivity contribution in [1.82, 2.24) is 0 Å². The number of benzene rings is 2. The Morgan fingerprint density at radius 2 is 1.66 bits per heavy atom. The van der Waals surface area contributed by atoms with Gasteiger partial charge in [0.1, 0.15) is 0 Å². The van der Waals surface area contributed by atoms with E-state index >= 15 is 0 Å². The number of hydrogen-bond acceptors (Lipinski definition) is 6. The number of alkyl halides is 3. The third-order valence-electron chi connectivity index (χ3n) is 4.35. The second kappa shape index (κ2) is 9.13. The monoisotopic (exact) mass is 452 g/mol. The Morgan fingerprint density at radius 1 is 1.00 bits per heavy atom. The summed E-state index contributed by atoms with van der Waals surface area (Å²) in [6.45, 7) is 6.40. The first kappa shape index (κ1) is 22.9. The van der Waals surface area contributed by atoms with Crippen LogP contribution in [0, 0.1) is 5.82 Å². The van der Waals surface area contributed by atoms with E-state index in [-0.39, 0.29) is 41.4 Å². The van der Waals surface area contributed by atoms with E-state index in [1.807, 2.05) is 0 Å². The lowest BCUT2D eigenvalue weighted by Crippen LogP contribution is -2.18. The number of carbonyl (C=O) groups is 2. The third kappa shape index (κ3) is 4.90. The maximum atomic E-state index is 14.8. The fourth-order valence-electron chi connectivity index (χ4n) is 3.02. The average molecular weight is 452 g/mol. The van der Waals surface area contributed by atoms with Crippen LogP contribution >= 0.6 is 0 Å². The minimum absolute atomic E-state index is 0.0491. The predicted molar refractivity (Wildman–Crippen MR) is 106 cm³/mol. The van der Waals surface area contributed by atoms with E-state index in [4.69, 9.17) is 13.9 Å². The maximum Gasteiger partial charge on any atom is 0.573 e. The normalized spacial score (nSPS) is 11.4. The number of carbonyl (C=O) groups excluding carboxylic acids is 2. The Balaban J connectivity index is 2.06. The Morgan fingerprint density at radius 3 is 2.31 bits per heavy atom. The first-order valence-electron chi connectivity index (χ1n) is 9.20. The minimum Gasteiger partial charge on any atom is -0.463 e. The number of furan rings is 1. The van der Waals surface area contributed by atoms with Crippen molar-refractivity contribution in [2.75, 3.05) is 6.61 Å². The number of fused-ring (bicyclic) bond motifs is 3. The molecule has 1 aromatic heterocycles. The Bertz CT molecular complexity index is 1210. The first-order chi connectivity index (χ1) is 15.1. The Labute approximate surface area is 178 Å². The fraction of sp³-hybridized carbons (Fsp3) is 0.182. The lowest BCUT2D eigenvalue weighted by molar-refractivity contribution is -0.274. The summed E-state index contributed by atoms with van der Waals surface area (Å²) in [5.41, 5.74) is -0.621. The topological polar surface area (TPSA) is 75.0 Å². The second-order valence-electron chi connectivity index (χ2n) is 6.44. The van der Waals surface area contributed by atoms with Crippen LogP contribution in [-0.4, -0.2) is 24.9 Å². The second-order valence-corrected chi connectivity index (χ2v) is 6.44. The molecule has 0 saturated heterocycles. The lowest BCUT2D eigenvalue weighted by Gasteiger charge is -2.13. The highest BCUT2D eigenvalue weighted by molar-refractivity contribution is 6.07. The molecule has 3 aromatic rings. The highest BCUT2D eigenvalue weighted by Gasteiger charge is 2.34. The van der Waals surface area contributed by atoms with Crippen molar-refractivity contribution >= 4 is 33.9 Å². The van der Waals surface area contributed by atoms with E-state index in [1.165, 1.54) is 18.2 Å². The molecule has 0 saturated carbocycles. The van der Waals surface area contributed by atoms with Crippen molar-refractivity contribution in [3.63, 3.8) is 0 Å². The Kier molecular flexibility index (Phi) is 6.52. The van der Waals surface area contributed by atoms with Crippen LogP contribution in [0.15, 0.2) is 54.0 Å². The largest absolute Gasteiger partial charge is 0.573 e. The maximum absolute atomic E-state index is 14.8. The summed E-state index contributed by atoms with van der Waals surface area (Å²) in [6, 6.07) is 5.35. The first-order valence-corrected chi connectivity index (χ1v) is 9.20. The van der Waals surface area contributed by atoms with Crippen LogP contribution in [0.2, 0.25) is 0 Å². The van der Waals surface area contributed by atoms with Gasteiger partial charge >= 0.3 is 18.3 Å². The van der Waals surface area contributed by atoms with Crippen molar-refractivity contribution in [1.29, 1.82) is 0 Å². The average Bonchev–Trinajstić information content (AvgIpc) is 3.13. The summed E-state index contributed by atoms with van der Waals surface area (Å²) in [6.07, 6.45) is -3.01. The summed E-state index contributed by atoms with van der Waals surface area (Å²) < 4.78 is 73.2. The van der Waals surface area contributed by atoms with Crippen molar-refractivity contribution in [3.05, 3.63) is 61.0 Å². The molecule has 0 aliphatic carbocycles. The number of aryl methyl sites for hydroxylation is 1. The van der Waals surface area contributed by atoms with Crippen LogP contribution in [0.25, 0.3) is 21.9 Å². The van der Waals surface area contributed by atoms with Gasteiger partial charge in [0.05, 0.1) is 6.61 Å². The van der Waals surface area contributed by atoms with Gasteiger partial charge in [-0.05, 0) is 36.6 Å². The fourth-order valence-corrected chi connectivity index (χ4v) is 3.02. The molecular formula is C22H16F4O6. The summed E-state index contributed by atoms with van der Waals surface area (Å²) in [7, 11) is 0. The smallest absolute Gasteiger partial charge is 0.463 e. The molecule has 32 heavy (non-hydrogen) atoms. The Hall–Kier alpha value is -3.82. The van der Waals surface area contributed by atoms with Crippen LogP contribution in [0.4, 0.5) is 17.6 Å². The molecular weight excluding hydrogens is 436 g/mol. The molecule has 0 bridgehead atoms. The summed E-state index contributed by atoms with van der Waals surface area (Å²) in [5, 5.41) is 0.330. The van der Waals surface area contributed by atoms with Crippen molar-refractivity contribution in [2.24, 2.45) is 0 Å². The van der Waals surface area contributed by atoms with E-state index < -0.39 is 41.2 Å². The molecule has 0 fully saturated rings. The molecule has 0 unspecified atom stereocenters. The number of hydrogen-bond donors (Lipinski definition) is 0. The van der Waals surface area contributed by atoms with Gasteiger partial charge in [0.25, 0.3) is 0 Å². The molecule has 168 valence electrons. The summed E-state index contributed by atoms with van der Waals surface area (Å²) in [4.78, 5) is 22.5. The predicted octanol–water partition coefficient (Wildman–Crippen LogP) is 5.38. The van der Waals surface area contributed by atoms with E-state index in [1.54, 1.807) is 0 Å². The van der Waals surface area contributed by atoms with E-state index in [2.05, 4.69) is 17.9 Å². The molecule has 0 N–H and O–H groups in total. The minimum atomic E-state index is -5.04. The van der Waals surface area contributed by atoms with Gasteiger partial charge < -0.3 is 18.6 Å². The highest BCUT2D eigenvalue weighted by atomic mass is 19.4. The number of esters is 2. The van der Waals surface area contributed by atoms with Gasteiger partial charge in [-0.25, -0.2) is 9.59 Å². The molecule has 2 aromatic carbocycles. The van der Waals surface area contributed by atoms with Gasteiger partial charge in [0, 0.05) is 22.9 Å². The number of halogens is 4. The SMILES string of the molecule is C=CC(=O)OCCCc1ccc2c(oc3c(F)c(OC(=O)C=C)ccc32)c1OC(F)(F)F. The van der Waals surface area contributed by atoms with Gasteiger partial charge in [-0.1, -0.05) is 19.2 Å². The van der Waals surface area contributed by atoms with Crippen molar-refractivity contribution < 1.29 is 45.8 Å². The summed E-state index contributed by atoms with van der Waals surface area (Å²) in [5.74, 6) is -3.74. The molecule has 0 radical (unpaired) electrons. The van der Waals surface area contributed by atoms with Gasteiger partial charge in [0.15, 0.2) is 22.7 Å². The highest BCUT2D eigenvalue weighted by Crippen LogP contribution is 2.42. The molecule has 0 aliphatic rings. The van der Waals surface area contributed by atoms with Gasteiger partial charge in [-0.3, -0.25) is 0 Å². The van der Waals surface area contributed by atoms with E-state index in [0.717, 1.165) is 18.2 Å². The van der Waals surface area contributed by atoms with Crippen LogP contribution < -0.4 is 9.47 Å². The summed E-state index contributed by atoms with van der Waals surface area (Å²) >= 11 is 0. The van der Waals surface area contributed by atoms with E-state index in [0.29, 0.717) is 0 Å². The van der Waals surface area contributed by atoms with Gasteiger partial charge in [-0.15, -0.1) is 13.2 Å². The number of ether oxygens (including phenoxy) is 3. The third-order valence-corrected chi connectivity index (χ3v) is 4.35. The quantitative estimate of drug-likeness (QED) is 0.150. The van der Waals surface area contributed by atoms with Gasteiger partial charge in [0.2, 0.25) is 5.82 Å². The van der Waals surface area contributed by atoms with Crippen LogP contribution in [0.5, 0.6) is 11.5 Å². The van der Waals surface area contributed by atoms with E-state index in [9.17, 15) is 27.2 Å². The molecule has 0 spiro atoms. The molecule has 6 nitrogen and oxygen atoms in total. The van der Waals surface area contributed by atoms with Gasteiger partial charge in [-0.2, -0.15) is 4.39 Å². The van der Waals surface area contributed by atoms with Crippen LogP contribution in [0.3, 0.4) is 0 Å². The van der Waals surface area contributed by atoms with Crippen molar-refractivity contribution in [3.8, 4) is 11.5 Å². The molecule has 0 atom stereocenters. The van der Waals surface area contributed by atoms with Crippen molar-refractivity contribution in [2.45, 2.75) is 19.2 Å². The zero-order valence-corrected chi connectivity index (χ0v) is 16.5.